The van der Waals surface area contributed by atoms with Gasteiger partial charge in [-0.05, 0) is 42.5 Å². The standard InChI is InChI=1S/C16H13FN2O/c1-19(15-4-2-3-12(9-15)10-18)11-16(20)13-5-7-14(17)8-6-13/h2-9H,11H2,1H3. The van der Waals surface area contributed by atoms with Crippen LogP contribution in [-0.2, 0) is 0 Å². The molecule has 4 heteroatoms. The number of hydrogen-bond acceptors (Lipinski definition) is 3. The van der Waals surface area contributed by atoms with E-state index in [1.807, 2.05) is 6.07 Å². The summed E-state index contributed by atoms with van der Waals surface area (Å²) < 4.78 is 12.8. The van der Waals surface area contributed by atoms with Gasteiger partial charge in [-0.25, -0.2) is 4.39 Å². The van der Waals surface area contributed by atoms with Crippen LogP contribution in [0.2, 0.25) is 0 Å². The largest absolute Gasteiger partial charge is 0.367 e. The number of anilines is 1. The molecule has 0 saturated heterocycles. The summed E-state index contributed by atoms with van der Waals surface area (Å²) in [6, 6.07) is 14.6. The number of nitrogens with zero attached hydrogens (tertiary/aromatic N) is 2. The number of rotatable bonds is 4. The summed E-state index contributed by atoms with van der Waals surface area (Å²) in [5.41, 5.74) is 1.80. The Morgan fingerprint density at radius 2 is 1.95 bits per heavy atom. The van der Waals surface area contributed by atoms with Gasteiger partial charge in [0.2, 0.25) is 0 Å². The minimum atomic E-state index is -0.364. The van der Waals surface area contributed by atoms with Crippen LogP contribution >= 0.6 is 0 Å². The number of Topliss-reactive ketones (excluding diaryl/α,β-unsaturated/α-hetero) is 1. The first-order valence-electron chi connectivity index (χ1n) is 6.10. The summed E-state index contributed by atoms with van der Waals surface area (Å²) in [6.45, 7) is 0.167. The maximum Gasteiger partial charge on any atom is 0.182 e. The van der Waals surface area contributed by atoms with E-state index >= 15 is 0 Å². The van der Waals surface area contributed by atoms with Gasteiger partial charge in [0.15, 0.2) is 5.78 Å². The van der Waals surface area contributed by atoms with Crippen molar-refractivity contribution in [2.45, 2.75) is 0 Å². The van der Waals surface area contributed by atoms with E-state index < -0.39 is 0 Å². The summed E-state index contributed by atoms with van der Waals surface area (Å²) in [5.74, 6) is -0.466. The Labute approximate surface area is 116 Å². The van der Waals surface area contributed by atoms with Gasteiger partial charge in [0.25, 0.3) is 0 Å². The molecule has 0 bridgehead atoms. The fraction of sp³-hybridized carbons (Fsp3) is 0.125. The smallest absolute Gasteiger partial charge is 0.182 e. The van der Waals surface area contributed by atoms with Crippen molar-refractivity contribution in [3.05, 3.63) is 65.5 Å². The van der Waals surface area contributed by atoms with E-state index in [1.54, 1.807) is 30.1 Å². The average Bonchev–Trinajstić information content (AvgIpc) is 2.47. The first-order valence-corrected chi connectivity index (χ1v) is 6.10. The molecule has 0 heterocycles. The maximum atomic E-state index is 12.8. The Morgan fingerprint density at radius 1 is 1.25 bits per heavy atom. The molecule has 0 aromatic heterocycles. The molecule has 0 N–H and O–H groups in total. The fourth-order valence-electron chi connectivity index (χ4n) is 1.85. The summed E-state index contributed by atoms with van der Waals surface area (Å²) in [5, 5.41) is 8.86. The van der Waals surface area contributed by atoms with Gasteiger partial charge in [-0.2, -0.15) is 5.26 Å². The first kappa shape index (κ1) is 13.8. The number of ketones is 1. The highest BCUT2D eigenvalue weighted by molar-refractivity contribution is 5.99. The molecule has 0 amide bonds. The highest BCUT2D eigenvalue weighted by Gasteiger charge is 2.10. The number of carbonyl (C=O) groups excluding carboxylic acids is 1. The summed E-state index contributed by atoms with van der Waals surface area (Å²) >= 11 is 0. The summed E-state index contributed by atoms with van der Waals surface area (Å²) in [7, 11) is 1.78. The van der Waals surface area contributed by atoms with Gasteiger partial charge < -0.3 is 4.90 Å². The van der Waals surface area contributed by atoms with Gasteiger partial charge in [0, 0.05) is 18.3 Å². The molecule has 0 fully saturated rings. The first-order chi connectivity index (χ1) is 9.60. The van der Waals surface area contributed by atoms with Gasteiger partial charge in [0.1, 0.15) is 5.82 Å². The topological polar surface area (TPSA) is 44.1 Å². The molecule has 2 rings (SSSR count). The number of hydrogen-bond donors (Lipinski definition) is 0. The van der Waals surface area contributed by atoms with E-state index in [9.17, 15) is 9.18 Å². The number of halogens is 1. The molecule has 0 unspecified atom stereocenters. The predicted molar refractivity (Wildman–Crippen MR) is 75.2 cm³/mol. The molecule has 100 valence electrons. The second-order valence-corrected chi connectivity index (χ2v) is 4.45. The van der Waals surface area contributed by atoms with Crippen LogP contribution in [0, 0.1) is 17.1 Å². The van der Waals surface area contributed by atoms with Gasteiger partial charge >= 0.3 is 0 Å². The van der Waals surface area contributed by atoms with E-state index in [0.29, 0.717) is 11.1 Å². The van der Waals surface area contributed by atoms with Crippen LogP contribution in [0.5, 0.6) is 0 Å². The van der Waals surface area contributed by atoms with Crippen LogP contribution in [0.1, 0.15) is 15.9 Å². The second-order valence-electron chi connectivity index (χ2n) is 4.45. The fourth-order valence-corrected chi connectivity index (χ4v) is 1.85. The summed E-state index contributed by atoms with van der Waals surface area (Å²) in [6.07, 6.45) is 0. The molecule has 0 aliphatic carbocycles. The Kier molecular flexibility index (Phi) is 4.11. The SMILES string of the molecule is CN(CC(=O)c1ccc(F)cc1)c1cccc(C#N)c1. The van der Waals surface area contributed by atoms with Crippen LogP contribution in [0.3, 0.4) is 0 Å². The maximum absolute atomic E-state index is 12.8. The van der Waals surface area contributed by atoms with Crippen molar-refractivity contribution >= 4 is 11.5 Å². The molecule has 0 saturated carbocycles. The quantitative estimate of drug-likeness (QED) is 0.801. The highest BCUT2D eigenvalue weighted by Crippen LogP contribution is 2.15. The van der Waals surface area contributed by atoms with Crippen molar-refractivity contribution in [2.75, 3.05) is 18.5 Å². The number of nitriles is 1. The third kappa shape index (κ3) is 3.21. The van der Waals surface area contributed by atoms with E-state index in [1.165, 1.54) is 24.3 Å². The lowest BCUT2D eigenvalue weighted by molar-refractivity contribution is 0.100. The molecule has 2 aromatic rings. The van der Waals surface area contributed by atoms with Gasteiger partial charge in [-0.15, -0.1) is 0 Å². The lowest BCUT2D eigenvalue weighted by atomic mass is 10.1. The summed E-state index contributed by atoms with van der Waals surface area (Å²) in [4.78, 5) is 13.8. The van der Waals surface area contributed by atoms with Gasteiger partial charge in [-0.1, -0.05) is 6.07 Å². The van der Waals surface area contributed by atoms with E-state index in [2.05, 4.69) is 6.07 Å². The zero-order chi connectivity index (χ0) is 14.5. The molecule has 0 aliphatic heterocycles. The lowest BCUT2D eigenvalue weighted by Crippen LogP contribution is -2.25. The predicted octanol–water partition coefficient (Wildman–Crippen LogP) is 3.02. The Bertz CT molecular complexity index is 659. The number of carbonyl (C=O) groups is 1. The number of benzene rings is 2. The van der Waals surface area contributed by atoms with E-state index in [-0.39, 0.29) is 18.1 Å². The zero-order valence-corrected chi connectivity index (χ0v) is 11.0. The Balaban J connectivity index is 2.11. The molecular formula is C16H13FN2O. The van der Waals surface area contributed by atoms with Crippen LogP contribution in [0.25, 0.3) is 0 Å². The van der Waals surface area contributed by atoms with E-state index in [0.717, 1.165) is 5.69 Å². The van der Waals surface area contributed by atoms with Crippen molar-refractivity contribution in [3.63, 3.8) is 0 Å². The molecule has 0 atom stereocenters. The molecule has 3 nitrogen and oxygen atoms in total. The Hall–Kier alpha value is -2.67. The molecule has 20 heavy (non-hydrogen) atoms. The van der Waals surface area contributed by atoms with Crippen LogP contribution in [0.15, 0.2) is 48.5 Å². The van der Waals surface area contributed by atoms with Crippen LogP contribution in [0.4, 0.5) is 10.1 Å². The minimum Gasteiger partial charge on any atom is -0.367 e. The van der Waals surface area contributed by atoms with Crippen LogP contribution < -0.4 is 4.90 Å². The van der Waals surface area contributed by atoms with Gasteiger partial charge in [-0.3, -0.25) is 4.79 Å². The van der Waals surface area contributed by atoms with E-state index in [4.69, 9.17) is 5.26 Å². The Morgan fingerprint density at radius 3 is 2.60 bits per heavy atom. The average molecular weight is 268 g/mol. The van der Waals surface area contributed by atoms with Gasteiger partial charge in [0.05, 0.1) is 18.2 Å². The molecular weight excluding hydrogens is 255 g/mol. The molecule has 2 aromatic carbocycles. The normalized spacial score (nSPS) is 9.85. The number of likely N-dealkylation sites (N-methyl/N-ethyl adjacent to an activating group) is 1. The molecule has 0 spiro atoms. The van der Waals surface area contributed by atoms with Crippen molar-refractivity contribution in [1.29, 1.82) is 5.26 Å². The van der Waals surface area contributed by atoms with Crippen LogP contribution in [-0.4, -0.2) is 19.4 Å². The highest BCUT2D eigenvalue weighted by atomic mass is 19.1. The monoisotopic (exact) mass is 268 g/mol. The molecule has 0 radical (unpaired) electrons. The second kappa shape index (κ2) is 5.98. The van der Waals surface area contributed by atoms with Crippen molar-refractivity contribution in [1.82, 2.24) is 0 Å². The van der Waals surface area contributed by atoms with Crippen molar-refractivity contribution in [3.8, 4) is 6.07 Å². The lowest BCUT2D eigenvalue weighted by Gasteiger charge is -2.18. The van der Waals surface area contributed by atoms with Crippen molar-refractivity contribution in [2.24, 2.45) is 0 Å². The minimum absolute atomic E-state index is 0.102. The zero-order valence-electron chi connectivity index (χ0n) is 11.0. The third-order valence-corrected chi connectivity index (χ3v) is 2.96. The molecule has 0 aliphatic rings. The van der Waals surface area contributed by atoms with Crippen molar-refractivity contribution < 1.29 is 9.18 Å². The third-order valence-electron chi connectivity index (χ3n) is 2.96.